The minimum atomic E-state index is -0.776. The fourth-order valence-corrected chi connectivity index (χ4v) is 2.79. The van der Waals surface area contributed by atoms with Gasteiger partial charge in [0.1, 0.15) is 0 Å². The van der Waals surface area contributed by atoms with Crippen LogP contribution in [0.25, 0.3) is 0 Å². The van der Waals surface area contributed by atoms with Crippen molar-refractivity contribution in [2.75, 3.05) is 7.05 Å². The number of carbonyl (C=O) groups is 2. The van der Waals surface area contributed by atoms with Crippen LogP contribution in [0.1, 0.15) is 30.4 Å². The molecule has 1 fully saturated rings. The van der Waals surface area contributed by atoms with Gasteiger partial charge in [-0.25, -0.2) is 0 Å². The average molecular weight is 275 g/mol. The molecule has 2 rings (SSSR count). The third-order valence-electron chi connectivity index (χ3n) is 4.05. The zero-order valence-electron chi connectivity index (χ0n) is 12.0. The van der Waals surface area contributed by atoms with Gasteiger partial charge in [-0.15, -0.1) is 0 Å². The predicted octanol–water partition coefficient (Wildman–Crippen LogP) is 2.45. The summed E-state index contributed by atoms with van der Waals surface area (Å²) in [5.74, 6) is -1.20. The highest BCUT2D eigenvalue weighted by Gasteiger charge is 2.35. The average Bonchev–Trinajstić information content (AvgIpc) is 2.90. The van der Waals surface area contributed by atoms with Gasteiger partial charge in [0.25, 0.3) is 0 Å². The summed E-state index contributed by atoms with van der Waals surface area (Å²) in [7, 11) is 1.79. The van der Waals surface area contributed by atoms with E-state index in [1.54, 1.807) is 11.9 Å². The second-order valence-corrected chi connectivity index (χ2v) is 5.73. The van der Waals surface area contributed by atoms with Crippen molar-refractivity contribution in [1.29, 1.82) is 0 Å². The van der Waals surface area contributed by atoms with Gasteiger partial charge in [0, 0.05) is 19.5 Å². The molecule has 1 saturated carbocycles. The number of benzene rings is 1. The van der Waals surface area contributed by atoms with E-state index in [0.29, 0.717) is 25.8 Å². The van der Waals surface area contributed by atoms with Gasteiger partial charge in [0.15, 0.2) is 0 Å². The molecule has 0 bridgehead atoms. The highest BCUT2D eigenvalue weighted by molar-refractivity contribution is 5.80. The van der Waals surface area contributed by atoms with Crippen LogP contribution < -0.4 is 0 Å². The number of amides is 1. The molecule has 2 atom stereocenters. The molecule has 1 aromatic rings. The summed E-state index contributed by atoms with van der Waals surface area (Å²) in [4.78, 5) is 25.0. The van der Waals surface area contributed by atoms with Gasteiger partial charge in [0.2, 0.25) is 5.91 Å². The van der Waals surface area contributed by atoms with E-state index in [1.165, 1.54) is 5.56 Å². The first-order valence-corrected chi connectivity index (χ1v) is 7.00. The largest absolute Gasteiger partial charge is 0.481 e. The van der Waals surface area contributed by atoms with Gasteiger partial charge < -0.3 is 10.0 Å². The van der Waals surface area contributed by atoms with Gasteiger partial charge in [-0.2, -0.15) is 0 Å². The third-order valence-corrected chi connectivity index (χ3v) is 4.05. The Morgan fingerprint density at radius 1 is 1.20 bits per heavy atom. The maximum absolute atomic E-state index is 12.3. The number of carboxylic acids is 1. The number of nitrogens with zero attached hydrogens (tertiary/aromatic N) is 1. The number of aliphatic carboxylic acids is 1. The lowest BCUT2D eigenvalue weighted by molar-refractivity contribution is -0.141. The third kappa shape index (κ3) is 3.38. The summed E-state index contributed by atoms with van der Waals surface area (Å²) in [6.07, 6.45) is 1.78. The number of hydrogen-bond acceptors (Lipinski definition) is 2. The highest BCUT2D eigenvalue weighted by atomic mass is 16.4. The molecule has 0 aliphatic heterocycles. The lowest BCUT2D eigenvalue weighted by Crippen LogP contribution is -2.31. The minimum absolute atomic E-state index is 0.0642. The van der Waals surface area contributed by atoms with E-state index in [0.717, 1.165) is 5.56 Å². The molecular weight excluding hydrogens is 254 g/mol. The standard InChI is InChI=1S/C16H21NO3/c1-11-3-5-12(6-4-11)10-17(2)15(18)13-7-8-14(9-13)16(19)20/h3-6,13-14H,7-10H2,1-2H3,(H,19,20). The molecule has 0 aromatic heterocycles. The van der Waals surface area contributed by atoms with Crippen LogP contribution in [-0.4, -0.2) is 28.9 Å². The first-order chi connectivity index (χ1) is 9.47. The van der Waals surface area contributed by atoms with E-state index in [1.807, 2.05) is 31.2 Å². The molecule has 108 valence electrons. The molecule has 0 spiro atoms. The molecule has 1 aliphatic carbocycles. The molecular formula is C16H21NO3. The lowest BCUT2D eigenvalue weighted by atomic mass is 10.0. The molecule has 2 unspecified atom stereocenters. The fourth-order valence-electron chi connectivity index (χ4n) is 2.79. The number of carbonyl (C=O) groups excluding carboxylic acids is 1. The maximum atomic E-state index is 12.3. The van der Waals surface area contributed by atoms with Crippen LogP contribution in [-0.2, 0) is 16.1 Å². The lowest BCUT2D eigenvalue weighted by Gasteiger charge is -2.21. The van der Waals surface area contributed by atoms with Crippen LogP contribution in [0.3, 0.4) is 0 Å². The first-order valence-electron chi connectivity index (χ1n) is 7.00. The van der Waals surface area contributed by atoms with E-state index >= 15 is 0 Å². The number of hydrogen-bond donors (Lipinski definition) is 1. The van der Waals surface area contributed by atoms with Crippen LogP contribution in [0.4, 0.5) is 0 Å². The van der Waals surface area contributed by atoms with E-state index in [9.17, 15) is 9.59 Å². The minimum Gasteiger partial charge on any atom is -0.481 e. The van der Waals surface area contributed by atoms with Crippen LogP contribution >= 0.6 is 0 Å². The van der Waals surface area contributed by atoms with Crippen molar-refractivity contribution in [1.82, 2.24) is 4.90 Å². The molecule has 0 heterocycles. The van der Waals surface area contributed by atoms with Gasteiger partial charge in [-0.05, 0) is 31.7 Å². The summed E-state index contributed by atoms with van der Waals surface area (Å²) >= 11 is 0. The van der Waals surface area contributed by atoms with Crippen molar-refractivity contribution in [2.45, 2.75) is 32.7 Å². The van der Waals surface area contributed by atoms with E-state index in [-0.39, 0.29) is 17.7 Å². The Hall–Kier alpha value is -1.84. The van der Waals surface area contributed by atoms with Gasteiger partial charge >= 0.3 is 5.97 Å². The number of carboxylic acid groups (broad SMARTS) is 1. The maximum Gasteiger partial charge on any atom is 0.306 e. The summed E-state index contributed by atoms with van der Waals surface area (Å²) in [5.41, 5.74) is 2.29. The Morgan fingerprint density at radius 3 is 2.35 bits per heavy atom. The smallest absolute Gasteiger partial charge is 0.306 e. The molecule has 0 saturated heterocycles. The van der Waals surface area contributed by atoms with E-state index < -0.39 is 5.97 Å². The summed E-state index contributed by atoms with van der Waals surface area (Å²) in [5, 5.41) is 8.99. The SMILES string of the molecule is Cc1ccc(CN(C)C(=O)C2CCC(C(=O)O)C2)cc1. The second kappa shape index (κ2) is 6.07. The second-order valence-electron chi connectivity index (χ2n) is 5.73. The highest BCUT2D eigenvalue weighted by Crippen LogP contribution is 2.32. The summed E-state index contributed by atoms with van der Waals surface area (Å²) < 4.78 is 0. The molecule has 0 radical (unpaired) electrons. The van der Waals surface area contributed by atoms with Crippen LogP contribution in [0.5, 0.6) is 0 Å². The van der Waals surface area contributed by atoms with Crippen molar-refractivity contribution < 1.29 is 14.7 Å². The molecule has 1 amide bonds. The van der Waals surface area contributed by atoms with Crippen LogP contribution in [0.15, 0.2) is 24.3 Å². The van der Waals surface area contributed by atoms with Gasteiger partial charge in [-0.3, -0.25) is 9.59 Å². The Balaban J connectivity index is 1.92. The van der Waals surface area contributed by atoms with E-state index in [2.05, 4.69) is 0 Å². The zero-order chi connectivity index (χ0) is 14.7. The number of rotatable bonds is 4. The Kier molecular flexibility index (Phi) is 4.42. The molecule has 4 nitrogen and oxygen atoms in total. The van der Waals surface area contributed by atoms with Crippen molar-refractivity contribution in [3.8, 4) is 0 Å². The number of aryl methyl sites for hydroxylation is 1. The van der Waals surface area contributed by atoms with Crippen LogP contribution in [0, 0.1) is 18.8 Å². The van der Waals surface area contributed by atoms with Gasteiger partial charge in [-0.1, -0.05) is 29.8 Å². The molecule has 4 heteroatoms. The monoisotopic (exact) mass is 275 g/mol. The Morgan fingerprint density at radius 2 is 1.80 bits per heavy atom. The molecule has 20 heavy (non-hydrogen) atoms. The van der Waals surface area contributed by atoms with Crippen molar-refractivity contribution in [3.63, 3.8) is 0 Å². The van der Waals surface area contributed by atoms with Gasteiger partial charge in [0.05, 0.1) is 5.92 Å². The normalized spacial score (nSPS) is 21.7. The molecule has 1 aliphatic rings. The van der Waals surface area contributed by atoms with E-state index in [4.69, 9.17) is 5.11 Å². The Labute approximate surface area is 119 Å². The predicted molar refractivity (Wildman–Crippen MR) is 76.1 cm³/mol. The quantitative estimate of drug-likeness (QED) is 0.918. The zero-order valence-corrected chi connectivity index (χ0v) is 12.0. The Bertz CT molecular complexity index is 495. The first kappa shape index (κ1) is 14.6. The van der Waals surface area contributed by atoms with Crippen molar-refractivity contribution >= 4 is 11.9 Å². The van der Waals surface area contributed by atoms with Crippen molar-refractivity contribution in [3.05, 3.63) is 35.4 Å². The van der Waals surface area contributed by atoms with Crippen LogP contribution in [0.2, 0.25) is 0 Å². The fraction of sp³-hybridized carbons (Fsp3) is 0.500. The van der Waals surface area contributed by atoms with Crippen molar-refractivity contribution in [2.24, 2.45) is 11.8 Å². The molecule has 1 N–H and O–H groups in total. The summed E-state index contributed by atoms with van der Waals surface area (Å²) in [6, 6.07) is 8.11. The summed E-state index contributed by atoms with van der Waals surface area (Å²) in [6.45, 7) is 2.61. The molecule has 1 aromatic carbocycles. The topological polar surface area (TPSA) is 57.6 Å².